The number of amides is 1. The average molecular weight is 292 g/mol. The fourth-order valence-electron chi connectivity index (χ4n) is 2.07. The van der Waals surface area contributed by atoms with Crippen LogP contribution in [-0.4, -0.2) is 10.5 Å². The van der Waals surface area contributed by atoms with Gasteiger partial charge >= 0.3 is 0 Å². The topological polar surface area (TPSA) is 60.0 Å². The highest BCUT2D eigenvalue weighted by atomic mass is 35.5. The van der Waals surface area contributed by atoms with E-state index < -0.39 is 0 Å². The monoisotopic (exact) mass is 291 g/mol. The van der Waals surface area contributed by atoms with Gasteiger partial charge in [-0.3, -0.25) is 4.79 Å². The van der Waals surface area contributed by atoms with Crippen molar-refractivity contribution in [3.8, 4) is 0 Å². The van der Waals surface area contributed by atoms with Crippen LogP contribution >= 0.6 is 11.6 Å². The molecule has 0 spiro atoms. The largest absolute Gasteiger partial charge is 0.399 e. The summed E-state index contributed by atoms with van der Waals surface area (Å²) in [5.41, 5.74) is 7.94. The number of hydrogen-bond acceptors (Lipinski definition) is 2. The lowest BCUT2D eigenvalue weighted by atomic mass is 10.1. The number of benzene rings is 1. The van der Waals surface area contributed by atoms with Gasteiger partial charge in [-0.05, 0) is 37.6 Å². The first-order chi connectivity index (χ1) is 9.51. The van der Waals surface area contributed by atoms with Crippen molar-refractivity contribution in [2.24, 2.45) is 0 Å². The number of nitrogens with one attached hydrogen (secondary N) is 1. The summed E-state index contributed by atoms with van der Waals surface area (Å²) in [7, 11) is 0. The number of carbonyl (C=O) groups is 1. The molecule has 0 saturated heterocycles. The maximum absolute atomic E-state index is 12.3. The predicted octanol–water partition coefficient (Wildman–Crippen LogP) is 3.23. The third-order valence-electron chi connectivity index (χ3n) is 3.22. The van der Waals surface area contributed by atoms with Crippen LogP contribution in [0, 0.1) is 0 Å². The van der Waals surface area contributed by atoms with Gasteiger partial charge in [0.25, 0.3) is 5.91 Å². The number of halogens is 1. The van der Waals surface area contributed by atoms with E-state index in [1.807, 2.05) is 42.7 Å². The van der Waals surface area contributed by atoms with Gasteiger partial charge in [0.1, 0.15) is 5.69 Å². The number of nitrogens with two attached hydrogens (primary N) is 1. The first kappa shape index (κ1) is 14.5. The van der Waals surface area contributed by atoms with Crippen molar-refractivity contribution >= 4 is 23.2 Å². The summed E-state index contributed by atoms with van der Waals surface area (Å²) < 4.78 is 1.83. The van der Waals surface area contributed by atoms with Crippen LogP contribution in [0.15, 0.2) is 36.5 Å². The Labute approximate surface area is 123 Å². The molecule has 1 amide bonds. The first-order valence-electron chi connectivity index (χ1n) is 6.53. The molecule has 1 aromatic carbocycles. The first-order valence-corrected chi connectivity index (χ1v) is 6.91. The van der Waals surface area contributed by atoms with Crippen molar-refractivity contribution in [1.29, 1.82) is 0 Å². The summed E-state index contributed by atoms with van der Waals surface area (Å²) in [5.74, 6) is -0.136. The SMILES string of the molecule is CCn1cc(Cl)cc1C(=O)NC(C)c1ccc(N)cc1. The molecule has 3 N–H and O–H groups in total. The summed E-state index contributed by atoms with van der Waals surface area (Å²) in [5, 5.41) is 3.53. The van der Waals surface area contributed by atoms with Gasteiger partial charge in [0, 0.05) is 18.4 Å². The van der Waals surface area contributed by atoms with Gasteiger partial charge in [0.05, 0.1) is 11.1 Å². The zero-order valence-electron chi connectivity index (χ0n) is 11.6. The summed E-state index contributed by atoms with van der Waals surface area (Å²) in [6, 6.07) is 9.05. The Morgan fingerprint density at radius 3 is 2.65 bits per heavy atom. The molecule has 0 bridgehead atoms. The minimum atomic E-state index is -0.136. The molecule has 0 aliphatic carbocycles. The van der Waals surface area contributed by atoms with E-state index in [1.54, 1.807) is 12.3 Å². The number of carbonyl (C=O) groups excluding carboxylic acids is 1. The van der Waals surface area contributed by atoms with Crippen LogP contribution in [0.1, 0.15) is 35.9 Å². The standard InChI is InChI=1S/C15H18ClN3O/c1-3-19-9-12(16)8-14(19)15(20)18-10(2)11-4-6-13(17)7-5-11/h4-10H,3,17H2,1-2H3,(H,18,20). The summed E-state index contributed by atoms with van der Waals surface area (Å²) in [6.07, 6.45) is 1.75. The smallest absolute Gasteiger partial charge is 0.268 e. The molecule has 0 radical (unpaired) electrons. The van der Waals surface area contributed by atoms with Crippen LogP contribution in [0.3, 0.4) is 0 Å². The highest BCUT2D eigenvalue weighted by Gasteiger charge is 2.15. The van der Waals surface area contributed by atoms with Gasteiger partial charge < -0.3 is 15.6 Å². The van der Waals surface area contributed by atoms with Crippen LogP contribution in [0.2, 0.25) is 5.02 Å². The molecule has 2 aromatic rings. The third-order valence-corrected chi connectivity index (χ3v) is 3.43. The fourth-order valence-corrected chi connectivity index (χ4v) is 2.29. The van der Waals surface area contributed by atoms with E-state index in [0.29, 0.717) is 22.9 Å². The van der Waals surface area contributed by atoms with Gasteiger partial charge in [-0.15, -0.1) is 0 Å². The molecule has 0 aliphatic rings. The molecule has 2 rings (SSSR count). The summed E-state index contributed by atoms with van der Waals surface area (Å²) >= 11 is 5.94. The second-order valence-corrected chi connectivity index (χ2v) is 5.13. The summed E-state index contributed by atoms with van der Waals surface area (Å²) in [6.45, 7) is 4.60. The van der Waals surface area contributed by atoms with E-state index in [1.165, 1.54) is 0 Å². The molecular formula is C15H18ClN3O. The molecule has 20 heavy (non-hydrogen) atoms. The lowest BCUT2D eigenvalue weighted by molar-refractivity contribution is 0.0930. The van der Waals surface area contributed by atoms with E-state index in [2.05, 4.69) is 5.32 Å². The van der Waals surface area contributed by atoms with Crippen molar-refractivity contribution < 1.29 is 4.79 Å². The zero-order chi connectivity index (χ0) is 14.7. The molecule has 0 saturated carbocycles. The minimum absolute atomic E-state index is 0.0953. The van der Waals surface area contributed by atoms with E-state index in [4.69, 9.17) is 17.3 Å². The third kappa shape index (κ3) is 3.14. The Kier molecular flexibility index (Phi) is 4.35. The lowest BCUT2D eigenvalue weighted by Gasteiger charge is -2.15. The Morgan fingerprint density at radius 2 is 2.05 bits per heavy atom. The predicted molar refractivity (Wildman–Crippen MR) is 81.9 cm³/mol. The van der Waals surface area contributed by atoms with Gasteiger partial charge in [0.15, 0.2) is 0 Å². The van der Waals surface area contributed by atoms with E-state index in [0.717, 1.165) is 5.56 Å². The van der Waals surface area contributed by atoms with Crippen LogP contribution in [0.4, 0.5) is 5.69 Å². The molecule has 1 atom stereocenters. The van der Waals surface area contributed by atoms with E-state index in [9.17, 15) is 4.79 Å². The van der Waals surface area contributed by atoms with Crippen LogP contribution in [-0.2, 0) is 6.54 Å². The minimum Gasteiger partial charge on any atom is -0.399 e. The molecule has 4 nitrogen and oxygen atoms in total. The Morgan fingerprint density at radius 1 is 1.40 bits per heavy atom. The number of hydrogen-bond donors (Lipinski definition) is 2. The molecule has 1 aromatic heterocycles. The molecule has 1 unspecified atom stereocenters. The Balaban J connectivity index is 2.12. The second kappa shape index (κ2) is 6.01. The van der Waals surface area contributed by atoms with Gasteiger partial charge in [-0.1, -0.05) is 23.7 Å². The summed E-state index contributed by atoms with van der Waals surface area (Å²) in [4.78, 5) is 12.3. The quantitative estimate of drug-likeness (QED) is 0.850. The fraction of sp³-hybridized carbons (Fsp3) is 0.267. The zero-order valence-corrected chi connectivity index (χ0v) is 12.3. The lowest BCUT2D eigenvalue weighted by Crippen LogP contribution is -2.28. The molecule has 1 heterocycles. The van der Waals surface area contributed by atoms with Crippen molar-refractivity contribution in [3.05, 3.63) is 52.8 Å². The van der Waals surface area contributed by atoms with Gasteiger partial charge in [-0.2, -0.15) is 0 Å². The van der Waals surface area contributed by atoms with Crippen LogP contribution < -0.4 is 11.1 Å². The number of nitrogens with zero attached hydrogens (tertiary/aromatic N) is 1. The van der Waals surface area contributed by atoms with E-state index >= 15 is 0 Å². The highest BCUT2D eigenvalue weighted by Crippen LogP contribution is 2.17. The maximum Gasteiger partial charge on any atom is 0.268 e. The second-order valence-electron chi connectivity index (χ2n) is 4.69. The Hall–Kier alpha value is -1.94. The van der Waals surface area contributed by atoms with Crippen molar-refractivity contribution in [2.45, 2.75) is 26.4 Å². The number of rotatable bonds is 4. The molecule has 5 heteroatoms. The normalized spacial score (nSPS) is 12.2. The van der Waals surface area contributed by atoms with Crippen molar-refractivity contribution in [1.82, 2.24) is 9.88 Å². The van der Waals surface area contributed by atoms with Crippen LogP contribution in [0.5, 0.6) is 0 Å². The highest BCUT2D eigenvalue weighted by molar-refractivity contribution is 6.31. The molecule has 106 valence electrons. The molecular weight excluding hydrogens is 274 g/mol. The van der Waals surface area contributed by atoms with Crippen molar-refractivity contribution in [3.63, 3.8) is 0 Å². The van der Waals surface area contributed by atoms with Crippen LogP contribution in [0.25, 0.3) is 0 Å². The van der Waals surface area contributed by atoms with Gasteiger partial charge in [0.2, 0.25) is 0 Å². The number of anilines is 1. The maximum atomic E-state index is 12.3. The van der Waals surface area contributed by atoms with E-state index in [-0.39, 0.29) is 11.9 Å². The number of aryl methyl sites for hydroxylation is 1. The molecule has 0 aliphatic heterocycles. The van der Waals surface area contributed by atoms with Gasteiger partial charge in [-0.25, -0.2) is 0 Å². The molecule has 0 fully saturated rings. The number of aromatic nitrogens is 1. The number of nitrogen functional groups attached to an aromatic ring is 1. The van der Waals surface area contributed by atoms with Crippen molar-refractivity contribution in [2.75, 3.05) is 5.73 Å². The average Bonchev–Trinajstić information content (AvgIpc) is 2.80. The Bertz CT molecular complexity index is 604.